The largest absolute Gasteiger partial charge is 0.396 e. The summed E-state index contributed by atoms with van der Waals surface area (Å²) in [4.78, 5) is 13.6. The van der Waals surface area contributed by atoms with Crippen molar-refractivity contribution in [2.45, 2.75) is 23.1 Å². The Bertz CT molecular complexity index is 1020. The molecule has 0 aliphatic carbocycles. The zero-order valence-corrected chi connectivity index (χ0v) is 17.7. The predicted octanol–water partition coefficient (Wildman–Crippen LogP) is 0.578. The third kappa shape index (κ3) is 3.39. The van der Waals surface area contributed by atoms with Crippen LogP contribution < -0.4 is 4.90 Å². The van der Waals surface area contributed by atoms with E-state index in [2.05, 4.69) is 19.8 Å². The monoisotopic (exact) mass is 430 g/mol. The summed E-state index contributed by atoms with van der Waals surface area (Å²) in [5, 5.41) is 10.1. The molecular weight excluding hydrogens is 404 g/mol. The van der Waals surface area contributed by atoms with E-state index in [1.807, 2.05) is 12.1 Å². The fourth-order valence-corrected chi connectivity index (χ4v) is 5.98. The van der Waals surface area contributed by atoms with Crippen molar-refractivity contribution in [2.75, 3.05) is 43.9 Å². The van der Waals surface area contributed by atoms with Gasteiger partial charge in [0.05, 0.1) is 17.5 Å². The topological polar surface area (TPSA) is 95.9 Å². The zero-order chi connectivity index (χ0) is 20.9. The van der Waals surface area contributed by atoms with E-state index in [9.17, 15) is 13.5 Å². The van der Waals surface area contributed by atoms with Crippen molar-refractivity contribution in [3.8, 4) is 0 Å². The number of benzene rings is 1. The molecule has 3 saturated heterocycles. The number of hydrogen-bond donors (Lipinski definition) is 1. The minimum absolute atomic E-state index is 0.00267. The molecule has 1 spiro atoms. The second-order valence-corrected chi connectivity index (χ2v) is 10.7. The smallest absolute Gasteiger partial charge is 0.225 e. The van der Waals surface area contributed by atoms with Gasteiger partial charge in [-0.15, -0.1) is 0 Å². The average molecular weight is 431 g/mol. The molecule has 1 aromatic heterocycles. The molecule has 2 bridgehead atoms. The maximum absolute atomic E-state index is 11.7. The summed E-state index contributed by atoms with van der Waals surface area (Å²) in [5.74, 6) is 1.02. The van der Waals surface area contributed by atoms with Crippen molar-refractivity contribution in [1.29, 1.82) is 0 Å². The number of aromatic nitrogens is 2. The second-order valence-electron chi connectivity index (χ2n) is 8.69. The molecule has 0 amide bonds. The molecule has 3 aliphatic heterocycles. The molecule has 0 unspecified atom stereocenters. The van der Waals surface area contributed by atoms with E-state index in [4.69, 9.17) is 4.74 Å². The number of anilines is 1. The van der Waals surface area contributed by atoms with Gasteiger partial charge in [-0.1, -0.05) is 12.1 Å². The van der Waals surface area contributed by atoms with Crippen LogP contribution in [-0.4, -0.2) is 79.1 Å². The Balaban J connectivity index is 1.36. The van der Waals surface area contributed by atoms with E-state index in [0.29, 0.717) is 17.4 Å². The first-order valence-electron chi connectivity index (χ1n) is 10.2. The van der Waals surface area contributed by atoms with Crippen molar-refractivity contribution in [3.05, 3.63) is 48.3 Å². The molecule has 5 rings (SSSR count). The molecular formula is C21H26N4O4S. The minimum atomic E-state index is -3.19. The highest BCUT2D eigenvalue weighted by atomic mass is 32.2. The van der Waals surface area contributed by atoms with Crippen LogP contribution in [0.4, 0.5) is 5.95 Å². The highest BCUT2D eigenvalue weighted by Gasteiger charge is 2.62. The lowest BCUT2D eigenvalue weighted by molar-refractivity contribution is -0.112. The number of hydrogen-bond acceptors (Lipinski definition) is 8. The van der Waals surface area contributed by atoms with Crippen molar-refractivity contribution < 1.29 is 18.3 Å². The fraction of sp³-hybridized carbons (Fsp3) is 0.524. The SMILES string of the molecule is CS(=O)(=O)c1ccc(CN2C[C@H]3O[C@]4(C2)CN(c2ncccn2)C[C@@H]4[C@@H]3CO)cc1. The van der Waals surface area contributed by atoms with Gasteiger partial charge < -0.3 is 14.7 Å². The Labute approximate surface area is 176 Å². The first-order valence-corrected chi connectivity index (χ1v) is 12.1. The summed E-state index contributed by atoms with van der Waals surface area (Å²) in [5.41, 5.74) is 0.723. The van der Waals surface area contributed by atoms with Gasteiger partial charge in [0.15, 0.2) is 9.84 Å². The number of aliphatic hydroxyl groups excluding tert-OH is 1. The first kappa shape index (κ1) is 19.9. The molecule has 4 atom stereocenters. The van der Waals surface area contributed by atoms with Crippen LogP contribution in [0.15, 0.2) is 47.6 Å². The Morgan fingerprint density at radius 1 is 1.17 bits per heavy atom. The summed E-state index contributed by atoms with van der Waals surface area (Å²) >= 11 is 0. The number of aliphatic hydroxyl groups is 1. The molecule has 160 valence electrons. The average Bonchev–Trinajstić information content (AvgIpc) is 3.16. The van der Waals surface area contributed by atoms with Gasteiger partial charge in [-0.05, 0) is 23.8 Å². The number of morpholine rings is 1. The molecule has 2 aromatic rings. The summed E-state index contributed by atoms with van der Waals surface area (Å²) < 4.78 is 29.9. The molecule has 0 saturated carbocycles. The normalized spacial score (nSPS) is 31.1. The maximum atomic E-state index is 11.7. The second kappa shape index (κ2) is 7.26. The van der Waals surface area contributed by atoms with Crippen LogP contribution in [0.1, 0.15) is 5.56 Å². The van der Waals surface area contributed by atoms with Gasteiger partial charge in [0, 0.05) is 63.3 Å². The van der Waals surface area contributed by atoms with Gasteiger partial charge in [-0.3, -0.25) is 4.90 Å². The quantitative estimate of drug-likeness (QED) is 0.736. The number of fused-ring (bicyclic) bond motifs is 1. The summed E-state index contributed by atoms with van der Waals surface area (Å²) in [6.07, 6.45) is 4.71. The van der Waals surface area contributed by atoms with Crippen molar-refractivity contribution in [3.63, 3.8) is 0 Å². The number of likely N-dealkylation sites (tertiary alicyclic amines) is 1. The Kier molecular flexibility index (Phi) is 4.81. The fourth-order valence-electron chi connectivity index (χ4n) is 5.35. The first-order chi connectivity index (χ1) is 14.4. The van der Waals surface area contributed by atoms with Crippen LogP contribution in [0.2, 0.25) is 0 Å². The van der Waals surface area contributed by atoms with Gasteiger partial charge in [-0.25, -0.2) is 18.4 Å². The van der Waals surface area contributed by atoms with E-state index in [0.717, 1.165) is 31.7 Å². The minimum Gasteiger partial charge on any atom is -0.396 e. The van der Waals surface area contributed by atoms with Gasteiger partial charge in [-0.2, -0.15) is 0 Å². The number of rotatable bonds is 5. The van der Waals surface area contributed by atoms with Crippen LogP contribution >= 0.6 is 0 Å². The number of nitrogens with zero attached hydrogens (tertiary/aromatic N) is 4. The van der Waals surface area contributed by atoms with Crippen molar-refractivity contribution in [2.24, 2.45) is 11.8 Å². The molecule has 3 fully saturated rings. The third-order valence-corrected chi connectivity index (χ3v) is 7.79. The summed E-state index contributed by atoms with van der Waals surface area (Å²) in [6, 6.07) is 8.90. The molecule has 30 heavy (non-hydrogen) atoms. The third-order valence-electron chi connectivity index (χ3n) is 6.66. The lowest BCUT2D eigenvalue weighted by atomic mass is 9.83. The summed E-state index contributed by atoms with van der Waals surface area (Å²) in [6.45, 7) is 3.84. The lowest BCUT2D eigenvalue weighted by Gasteiger charge is -2.40. The molecule has 9 heteroatoms. The Morgan fingerprint density at radius 3 is 2.57 bits per heavy atom. The maximum Gasteiger partial charge on any atom is 0.225 e. The van der Waals surface area contributed by atoms with Crippen LogP contribution in [0.25, 0.3) is 0 Å². The van der Waals surface area contributed by atoms with E-state index < -0.39 is 9.84 Å². The van der Waals surface area contributed by atoms with Crippen molar-refractivity contribution in [1.82, 2.24) is 14.9 Å². The van der Waals surface area contributed by atoms with E-state index >= 15 is 0 Å². The summed E-state index contributed by atoms with van der Waals surface area (Å²) in [7, 11) is -3.19. The van der Waals surface area contributed by atoms with Gasteiger partial charge in [0.25, 0.3) is 0 Å². The number of ether oxygens (including phenoxy) is 1. The standard InChI is InChI=1S/C21H26N4O4S/c1-30(27,28)16-5-3-15(4-6-16)9-24-11-19-17(12-26)18-10-25(14-21(18,13-24)29-19)20-22-7-2-8-23-20/h2-8,17-19,26H,9-14H2,1H3/t17-,18+,19+,21+/m0/s1. The Morgan fingerprint density at radius 2 is 1.90 bits per heavy atom. The zero-order valence-electron chi connectivity index (χ0n) is 16.9. The van der Waals surface area contributed by atoms with Gasteiger partial charge in [0.2, 0.25) is 5.95 Å². The highest BCUT2D eigenvalue weighted by molar-refractivity contribution is 7.90. The van der Waals surface area contributed by atoms with Crippen molar-refractivity contribution >= 4 is 15.8 Å². The molecule has 1 aromatic carbocycles. The molecule has 3 aliphatic rings. The molecule has 4 heterocycles. The van der Waals surface area contributed by atoms with Gasteiger partial charge in [0.1, 0.15) is 5.60 Å². The molecule has 1 N–H and O–H groups in total. The lowest BCUT2D eigenvalue weighted by Crippen LogP contribution is -2.53. The number of sulfone groups is 1. The predicted molar refractivity (Wildman–Crippen MR) is 111 cm³/mol. The highest BCUT2D eigenvalue weighted by Crippen LogP contribution is 2.49. The molecule has 8 nitrogen and oxygen atoms in total. The van der Waals surface area contributed by atoms with Gasteiger partial charge >= 0.3 is 0 Å². The van der Waals surface area contributed by atoms with Crippen LogP contribution in [0, 0.1) is 11.8 Å². The van der Waals surface area contributed by atoms with E-state index in [1.54, 1.807) is 30.6 Å². The Hall–Kier alpha value is -2.07. The molecule has 0 radical (unpaired) electrons. The van der Waals surface area contributed by atoms with Crippen LogP contribution in [-0.2, 0) is 21.1 Å². The van der Waals surface area contributed by atoms with E-state index in [1.165, 1.54) is 6.26 Å². The van der Waals surface area contributed by atoms with Crippen LogP contribution in [0.5, 0.6) is 0 Å². The van der Waals surface area contributed by atoms with Crippen LogP contribution in [0.3, 0.4) is 0 Å². The van der Waals surface area contributed by atoms with E-state index in [-0.39, 0.29) is 30.1 Å².